The number of nitrogens with zero attached hydrogens (tertiary/aromatic N) is 3. The second-order valence-electron chi connectivity index (χ2n) is 1.49. The first kappa shape index (κ1) is 5.63. The summed E-state index contributed by atoms with van der Waals surface area (Å²) in [6.45, 7) is 0. The molecule has 0 spiro atoms. The van der Waals surface area contributed by atoms with Crippen LogP contribution in [0.25, 0.3) is 0 Å². The van der Waals surface area contributed by atoms with E-state index < -0.39 is 11.8 Å². The lowest BCUT2D eigenvalue weighted by Gasteiger charge is -1.97. The summed E-state index contributed by atoms with van der Waals surface area (Å²) < 4.78 is 0. The van der Waals surface area contributed by atoms with Gasteiger partial charge in [0.2, 0.25) is 0 Å². The fraction of sp³-hybridized carbons (Fsp3) is 0.200. The van der Waals surface area contributed by atoms with Crippen molar-refractivity contribution in [1.29, 1.82) is 5.26 Å². The van der Waals surface area contributed by atoms with Gasteiger partial charge in [0.15, 0.2) is 5.92 Å². The molecule has 0 aromatic rings. The Labute approximate surface area is 51.5 Å². The van der Waals surface area contributed by atoms with E-state index in [4.69, 9.17) is 5.26 Å². The molecule has 0 aromatic carbocycles. The van der Waals surface area contributed by atoms with Gasteiger partial charge in [-0.05, 0) is 0 Å². The Morgan fingerprint density at radius 2 is 2.56 bits per heavy atom. The number of hydrogen-bond acceptors (Lipinski definition) is 3. The zero-order valence-corrected chi connectivity index (χ0v) is 4.48. The summed E-state index contributed by atoms with van der Waals surface area (Å²) in [6, 6.07) is 1.74. The van der Waals surface area contributed by atoms with Crippen LogP contribution in [0.3, 0.4) is 0 Å². The van der Waals surface area contributed by atoms with E-state index in [1.807, 2.05) is 0 Å². The SMILES string of the molecule is N#CC1C=NC=NC1=O. The predicted molar refractivity (Wildman–Crippen MR) is 31.1 cm³/mol. The molecule has 0 bridgehead atoms. The van der Waals surface area contributed by atoms with Crippen LogP contribution in [0.4, 0.5) is 0 Å². The van der Waals surface area contributed by atoms with Crippen LogP contribution in [-0.4, -0.2) is 18.5 Å². The van der Waals surface area contributed by atoms with E-state index >= 15 is 0 Å². The van der Waals surface area contributed by atoms with Crippen LogP contribution in [0.5, 0.6) is 0 Å². The summed E-state index contributed by atoms with van der Waals surface area (Å²) in [5.74, 6) is -1.21. The van der Waals surface area contributed by atoms with Gasteiger partial charge in [-0.15, -0.1) is 0 Å². The molecule has 44 valence electrons. The lowest BCUT2D eigenvalue weighted by Crippen LogP contribution is -2.14. The highest BCUT2D eigenvalue weighted by atomic mass is 16.1. The molecule has 1 heterocycles. The maximum absolute atomic E-state index is 10.5. The first-order valence-corrected chi connectivity index (χ1v) is 2.34. The van der Waals surface area contributed by atoms with Gasteiger partial charge in [0.25, 0.3) is 5.91 Å². The van der Waals surface area contributed by atoms with Gasteiger partial charge >= 0.3 is 0 Å². The highest BCUT2D eigenvalue weighted by Gasteiger charge is 2.15. The van der Waals surface area contributed by atoms with Crippen molar-refractivity contribution in [3.8, 4) is 6.07 Å². The van der Waals surface area contributed by atoms with Crippen molar-refractivity contribution in [1.82, 2.24) is 0 Å². The van der Waals surface area contributed by atoms with Gasteiger partial charge in [-0.1, -0.05) is 0 Å². The summed E-state index contributed by atoms with van der Waals surface area (Å²) in [5.41, 5.74) is 0. The lowest BCUT2D eigenvalue weighted by atomic mass is 10.2. The Morgan fingerprint density at radius 3 is 3.00 bits per heavy atom. The normalized spacial score (nSPS) is 23.9. The van der Waals surface area contributed by atoms with Crippen LogP contribution in [0.2, 0.25) is 0 Å². The van der Waals surface area contributed by atoms with Crippen LogP contribution in [0.15, 0.2) is 9.98 Å². The van der Waals surface area contributed by atoms with Crippen LogP contribution < -0.4 is 0 Å². The summed E-state index contributed by atoms with van der Waals surface area (Å²) in [6.07, 6.45) is 2.41. The average molecular weight is 121 g/mol. The zero-order chi connectivity index (χ0) is 6.69. The summed E-state index contributed by atoms with van der Waals surface area (Å²) in [7, 11) is 0. The van der Waals surface area contributed by atoms with Gasteiger partial charge in [0.1, 0.15) is 6.34 Å². The molecule has 1 atom stereocenters. The number of nitriles is 1. The maximum atomic E-state index is 10.5. The molecular weight excluding hydrogens is 118 g/mol. The minimum Gasteiger partial charge on any atom is -0.271 e. The minimum atomic E-state index is -0.769. The Morgan fingerprint density at radius 1 is 1.78 bits per heavy atom. The van der Waals surface area contributed by atoms with Crippen molar-refractivity contribution in [2.45, 2.75) is 0 Å². The quantitative estimate of drug-likeness (QED) is 0.444. The molecule has 1 rings (SSSR count). The van der Waals surface area contributed by atoms with Gasteiger partial charge < -0.3 is 0 Å². The summed E-state index contributed by atoms with van der Waals surface area (Å²) >= 11 is 0. The Hall–Kier alpha value is -1.50. The second kappa shape index (κ2) is 2.18. The third-order valence-electron chi connectivity index (χ3n) is 0.892. The molecule has 1 aliphatic rings. The van der Waals surface area contributed by atoms with Gasteiger partial charge in [0, 0.05) is 6.21 Å². The van der Waals surface area contributed by atoms with Crippen molar-refractivity contribution in [3.63, 3.8) is 0 Å². The second-order valence-corrected chi connectivity index (χ2v) is 1.49. The van der Waals surface area contributed by atoms with Crippen LogP contribution in [0.1, 0.15) is 0 Å². The molecule has 0 radical (unpaired) electrons. The number of carbonyl (C=O) groups is 1. The van der Waals surface area contributed by atoms with Crippen LogP contribution >= 0.6 is 0 Å². The van der Waals surface area contributed by atoms with E-state index in [0.29, 0.717) is 0 Å². The average Bonchev–Trinajstić information content (AvgIpc) is 1.89. The van der Waals surface area contributed by atoms with E-state index in [9.17, 15) is 4.79 Å². The third-order valence-corrected chi connectivity index (χ3v) is 0.892. The topological polar surface area (TPSA) is 65.6 Å². The Bertz CT molecular complexity index is 223. The Kier molecular flexibility index (Phi) is 1.36. The van der Waals surface area contributed by atoms with Gasteiger partial charge in [0.05, 0.1) is 6.07 Å². The molecule has 0 saturated heterocycles. The van der Waals surface area contributed by atoms with Crippen LogP contribution in [-0.2, 0) is 4.79 Å². The fourth-order valence-electron chi connectivity index (χ4n) is 0.447. The standard InChI is InChI=1S/C5H3N3O/c6-1-4-2-7-3-8-5(4)9/h2-4H. The number of rotatable bonds is 0. The Balaban J connectivity index is 2.81. The number of hydrogen-bond donors (Lipinski definition) is 0. The molecule has 0 fully saturated rings. The zero-order valence-electron chi connectivity index (χ0n) is 4.48. The van der Waals surface area contributed by atoms with Crippen molar-refractivity contribution >= 4 is 18.5 Å². The van der Waals surface area contributed by atoms with Crippen molar-refractivity contribution in [2.75, 3.05) is 0 Å². The first-order valence-electron chi connectivity index (χ1n) is 2.34. The molecule has 1 amide bonds. The van der Waals surface area contributed by atoms with Crippen molar-refractivity contribution in [2.24, 2.45) is 15.9 Å². The van der Waals surface area contributed by atoms with E-state index in [1.54, 1.807) is 6.07 Å². The molecule has 9 heavy (non-hydrogen) atoms. The van der Waals surface area contributed by atoms with Crippen molar-refractivity contribution < 1.29 is 4.79 Å². The molecule has 0 aromatic heterocycles. The summed E-state index contributed by atoms with van der Waals surface area (Å²) in [4.78, 5) is 17.3. The fourth-order valence-corrected chi connectivity index (χ4v) is 0.447. The number of aliphatic imine (C=N–C) groups is 2. The highest BCUT2D eigenvalue weighted by molar-refractivity contribution is 6.04. The van der Waals surface area contributed by atoms with Gasteiger partial charge in [-0.25, -0.2) is 9.98 Å². The summed E-state index contributed by atoms with van der Waals surface area (Å²) in [5, 5.41) is 8.23. The molecule has 0 N–H and O–H groups in total. The molecule has 1 unspecified atom stereocenters. The predicted octanol–water partition coefficient (Wildman–Crippen LogP) is -0.235. The van der Waals surface area contributed by atoms with Crippen molar-refractivity contribution in [3.05, 3.63) is 0 Å². The van der Waals surface area contributed by atoms with Gasteiger partial charge in [-0.2, -0.15) is 5.26 Å². The minimum absolute atomic E-state index is 0.437. The number of amides is 1. The molecule has 4 nitrogen and oxygen atoms in total. The largest absolute Gasteiger partial charge is 0.271 e. The highest BCUT2D eigenvalue weighted by Crippen LogP contribution is 1.96. The molecule has 0 saturated carbocycles. The van der Waals surface area contributed by atoms with E-state index in [2.05, 4.69) is 9.98 Å². The smallest absolute Gasteiger partial charge is 0.269 e. The monoisotopic (exact) mass is 121 g/mol. The number of carbonyl (C=O) groups excluding carboxylic acids is 1. The van der Waals surface area contributed by atoms with E-state index in [1.165, 1.54) is 6.21 Å². The van der Waals surface area contributed by atoms with Crippen LogP contribution in [0, 0.1) is 17.2 Å². The maximum Gasteiger partial charge on any atom is 0.269 e. The third kappa shape index (κ3) is 0.995. The molecular formula is C5H3N3O. The van der Waals surface area contributed by atoms with E-state index in [0.717, 1.165) is 6.34 Å². The molecule has 0 aliphatic carbocycles. The first-order chi connectivity index (χ1) is 4.34. The van der Waals surface area contributed by atoms with E-state index in [-0.39, 0.29) is 0 Å². The molecule has 4 heteroatoms. The molecule has 1 aliphatic heterocycles. The lowest BCUT2D eigenvalue weighted by molar-refractivity contribution is -0.118. The van der Waals surface area contributed by atoms with Gasteiger partial charge in [-0.3, -0.25) is 4.79 Å².